The minimum atomic E-state index is -0.529. The first-order chi connectivity index (χ1) is 5.15. The second-order valence-electron chi connectivity index (χ2n) is 2.44. The van der Waals surface area contributed by atoms with Gasteiger partial charge in [-0.3, -0.25) is 4.68 Å². The molecule has 0 aliphatic heterocycles. The van der Waals surface area contributed by atoms with E-state index in [0.717, 1.165) is 5.56 Å². The van der Waals surface area contributed by atoms with Crippen molar-refractivity contribution in [2.75, 3.05) is 7.11 Å². The van der Waals surface area contributed by atoms with Crippen molar-refractivity contribution in [3.05, 3.63) is 11.8 Å². The Hall–Kier alpha value is -1.03. The SMILES string of the molecule is COc1nn(C)cc1C(C)O. The van der Waals surface area contributed by atoms with E-state index in [1.54, 1.807) is 24.9 Å². The lowest BCUT2D eigenvalue weighted by Gasteiger charge is -2.01. The van der Waals surface area contributed by atoms with Gasteiger partial charge in [0.1, 0.15) is 0 Å². The third-order valence-electron chi connectivity index (χ3n) is 1.46. The van der Waals surface area contributed by atoms with Crippen LogP contribution in [0.5, 0.6) is 5.88 Å². The molecule has 0 aliphatic rings. The van der Waals surface area contributed by atoms with Crippen LogP contribution >= 0.6 is 0 Å². The van der Waals surface area contributed by atoms with Crippen molar-refractivity contribution in [1.82, 2.24) is 9.78 Å². The predicted molar refractivity (Wildman–Crippen MR) is 40.4 cm³/mol. The van der Waals surface area contributed by atoms with Crippen molar-refractivity contribution in [3.63, 3.8) is 0 Å². The molecule has 1 aromatic heterocycles. The summed E-state index contributed by atoms with van der Waals surface area (Å²) in [6.07, 6.45) is 1.21. The van der Waals surface area contributed by atoms with Gasteiger partial charge < -0.3 is 9.84 Å². The van der Waals surface area contributed by atoms with Crippen molar-refractivity contribution in [3.8, 4) is 5.88 Å². The van der Waals surface area contributed by atoms with Gasteiger partial charge in [-0.15, -0.1) is 5.10 Å². The molecule has 0 aromatic carbocycles. The largest absolute Gasteiger partial charge is 0.480 e. The fourth-order valence-corrected chi connectivity index (χ4v) is 0.932. The minimum Gasteiger partial charge on any atom is -0.480 e. The van der Waals surface area contributed by atoms with Crippen LogP contribution in [-0.4, -0.2) is 22.0 Å². The Kier molecular flexibility index (Phi) is 2.14. The van der Waals surface area contributed by atoms with Gasteiger partial charge in [-0.05, 0) is 6.92 Å². The lowest BCUT2D eigenvalue weighted by atomic mass is 10.2. The summed E-state index contributed by atoms with van der Waals surface area (Å²) < 4.78 is 6.55. The summed E-state index contributed by atoms with van der Waals surface area (Å²) in [6.45, 7) is 1.68. The van der Waals surface area contributed by atoms with Gasteiger partial charge in [0, 0.05) is 13.2 Å². The Balaban J connectivity index is 3.02. The van der Waals surface area contributed by atoms with E-state index in [2.05, 4.69) is 5.10 Å². The van der Waals surface area contributed by atoms with Gasteiger partial charge in [0.2, 0.25) is 5.88 Å². The smallest absolute Gasteiger partial charge is 0.238 e. The number of hydrogen-bond donors (Lipinski definition) is 1. The third kappa shape index (κ3) is 1.51. The molecule has 1 rings (SSSR count). The second-order valence-corrected chi connectivity index (χ2v) is 2.44. The Morgan fingerprint density at radius 2 is 2.36 bits per heavy atom. The molecule has 1 unspecified atom stereocenters. The van der Waals surface area contributed by atoms with Gasteiger partial charge >= 0.3 is 0 Å². The van der Waals surface area contributed by atoms with Crippen LogP contribution in [0, 0.1) is 0 Å². The van der Waals surface area contributed by atoms with Crippen LogP contribution < -0.4 is 4.74 Å². The Labute approximate surface area is 65.4 Å². The van der Waals surface area contributed by atoms with Crippen LogP contribution in [0.25, 0.3) is 0 Å². The van der Waals surface area contributed by atoms with Gasteiger partial charge in [-0.1, -0.05) is 0 Å². The van der Waals surface area contributed by atoms with E-state index < -0.39 is 6.10 Å². The molecule has 0 amide bonds. The standard InChI is InChI=1S/C7H12N2O2/c1-5(10)6-4-9(2)8-7(6)11-3/h4-5,10H,1-3H3. The summed E-state index contributed by atoms with van der Waals surface area (Å²) in [6, 6.07) is 0. The van der Waals surface area contributed by atoms with E-state index in [0.29, 0.717) is 5.88 Å². The molecule has 0 spiro atoms. The zero-order valence-electron chi connectivity index (χ0n) is 6.90. The highest BCUT2D eigenvalue weighted by Gasteiger charge is 2.11. The van der Waals surface area contributed by atoms with Crippen molar-refractivity contribution >= 4 is 0 Å². The highest BCUT2D eigenvalue weighted by Crippen LogP contribution is 2.21. The maximum Gasteiger partial charge on any atom is 0.238 e. The number of nitrogens with zero attached hydrogens (tertiary/aromatic N) is 2. The van der Waals surface area contributed by atoms with Gasteiger partial charge in [-0.2, -0.15) is 0 Å². The van der Waals surface area contributed by atoms with E-state index in [1.807, 2.05) is 0 Å². The minimum absolute atomic E-state index is 0.488. The fourth-order valence-electron chi connectivity index (χ4n) is 0.932. The van der Waals surface area contributed by atoms with Crippen molar-refractivity contribution in [2.45, 2.75) is 13.0 Å². The highest BCUT2D eigenvalue weighted by atomic mass is 16.5. The van der Waals surface area contributed by atoms with Gasteiger partial charge in [0.05, 0.1) is 18.8 Å². The highest BCUT2D eigenvalue weighted by molar-refractivity contribution is 5.24. The molecule has 1 atom stereocenters. The van der Waals surface area contributed by atoms with Crippen LogP contribution in [0.4, 0.5) is 0 Å². The number of aryl methyl sites for hydroxylation is 1. The molecule has 11 heavy (non-hydrogen) atoms. The number of ether oxygens (including phenoxy) is 1. The van der Waals surface area contributed by atoms with Gasteiger partial charge in [-0.25, -0.2) is 0 Å². The molecule has 0 bridgehead atoms. The number of methoxy groups -OCH3 is 1. The van der Waals surface area contributed by atoms with E-state index in [4.69, 9.17) is 4.74 Å². The molecule has 4 heteroatoms. The van der Waals surface area contributed by atoms with Crippen LogP contribution in [0.2, 0.25) is 0 Å². The van der Waals surface area contributed by atoms with Crippen molar-refractivity contribution in [1.29, 1.82) is 0 Å². The summed E-state index contributed by atoms with van der Waals surface area (Å²) >= 11 is 0. The molecule has 0 radical (unpaired) electrons. The molecule has 0 saturated heterocycles. The van der Waals surface area contributed by atoms with Gasteiger partial charge in [0.25, 0.3) is 0 Å². The molecule has 1 N–H and O–H groups in total. The van der Waals surface area contributed by atoms with Crippen molar-refractivity contribution < 1.29 is 9.84 Å². The molecule has 62 valence electrons. The molecule has 0 saturated carbocycles. The first-order valence-electron chi connectivity index (χ1n) is 3.40. The summed E-state index contributed by atoms with van der Waals surface area (Å²) in [4.78, 5) is 0. The third-order valence-corrected chi connectivity index (χ3v) is 1.46. The molecule has 1 aromatic rings. The Bertz CT molecular complexity index is 243. The quantitative estimate of drug-likeness (QED) is 0.677. The number of rotatable bonds is 2. The predicted octanol–water partition coefficient (Wildman–Crippen LogP) is 0.482. The van der Waals surface area contributed by atoms with Crippen molar-refractivity contribution in [2.24, 2.45) is 7.05 Å². The zero-order valence-corrected chi connectivity index (χ0v) is 6.90. The van der Waals surface area contributed by atoms with Crippen LogP contribution in [0.3, 0.4) is 0 Å². The number of hydrogen-bond acceptors (Lipinski definition) is 3. The van der Waals surface area contributed by atoms with E-state index in [1.165, 1.54) is 7.11 Å². The normalized spacial score (nSPS) is 13.1. The molecular weight excluding hydrogens is 144 g/mol. The maximum absolute atomic E-state index is 9.22. The fraction of sp³-hybridized carbons (Fsp3) is 0.571. The first-order valence-corrected chi connectivity index (χ1v) is 3.40. The summed E-state index contributed by atoms with van der Waals surface area (Å²) in [5.74, 6) is 0.488. The number of aliphatic hydroxyl groups excluding tert-OH is 1. The zero-order chi connectivity index (χ0) is 8.43. The summed E-state index contributed by atoms with van der Waals surface area (Å²) in [5.41, 5.74) is 0.718. The molecule has 4 nitrogen and oxygen atoms in total. The van der Waals surface area contributed by atoms with E-state index in [9.17, 15) is 5.11 Å². The molecule has 1 heterocycles. The van der Waals surface area contributed by atoms with Crippen LogP contribution in [0.15, 0.2) is 6.20 Å². The first kappa shape index (κ1) is 8.07. The lowest BCUT2D eigenvalue weighted by Crippen LogP contribution is -1.92. The Morgan fingerprint density at radius 1 is 1.73 bits per heavy atom. The molecular formula is C7H12N2O2. The average Bonchev–Trinajstić information content (AvgIpc) is 2.30. The second kappa shape index (κ2) is 2.92. The average molecular weight is 156 g/mol. The topological polar surface area (TPSA) is 47.3 Å². The van der Waals surface area contributed by atoms with E-state index in [-0.39, 0.29) is 0 Å². The molecule has 0 fully saturated rings. The van der Waals surface area contributed by atoms with Gasteiger partial charge in [0.15, 0.2) is 0 Å². The monoisotopic (exact) mass is 156 g/mol. The number of aromatic nitrogens is 2. The Morgan fingerprint density at radius 3 is 2.73 bits per heavy atom. The van der Waals surface area contributed by atoms with Crippen LogP contribution in [0.1, 0.15) is 18.6 Å². The van der Waals surface area contributed by atoms with Crippen LogP contribution in [-0.2, 0) is 7.05 Å². The lowest BCUT2D eigenvalue weighted by molar-refractivity contribution is 0.194. The summed E-state index contributed by atoms with van der Waals surface area (Å²) in [5, 5.41) is 13.2. The molecule has 0 aliphatic carbocycles. The number of aliphatic hydroxyl groups is 1. The van der Waals surface area contributed by atoms with E-state index >= 15 is 0 Å². The summed E-state index contributed by atoms with van der Waals surface area (Å²) in [7, 11) is 3.32. The maximum atomic E-state index is 9.22.